The van der Waals surface area contributed by atoms with Crippen LogP contribution in [-0.2, 0) is 19.4 Å². The number of nitrogens with one attached hydrogen (secondary N) is 1. The molecule has 5 nitrogen and oxygen atoms in total. The molecule has 0 radical (unpaired) electrons. The van der Waals surface area contributed by atoms with Crippen LogP contribution < -0.4 is 10.9 Å². The molecule has 1 amide bonds. The number of para-hydroxylation sites is 1. The van der Waals surface area contributed by atoms with Gasteiger partial charge in [-0.3, -0.25) is 14.2 Å². The molecule has 0 bridgehead atoms. The second-order valence-corrected chi connectivity index (χ2v) is 7.80. The van der Waals surface area contributed by atoms with E-state index in [1.165, 1.54) is 6.42 Å². The minimum Gasteiger partial charge on any atom is -0.321 e. The maximum absolute atomic E-state index is 13.0. The summed E-state index contributed by atoms with van der Waals surface area (Å²) in [6, 6.07) is 11.2. The van der Waals surface area contributed by atoms with Crippen LogP contribution in [0.5, 0.6) is 0 Å². The van der Waals surface area contributed by atoms with E-state index in [2.05, 4.69) is 12.2 Å². The Labute approximate surface area is 170 Å². The van der Waals surface area contributed by atoms with E-state index in [0.717, 1.165) is 61.3 Å². The van der Waals surface area contributed by atoms with Crippen LogP contribution >= 0.6 is 0 Å². The number of aromatic nitrogens is 2. The third kappa shape index (κ3) is 3.82. The standard InChI is InChI=1S/C24H27N3O2/c1-3-17-10-8-9-16(2)22(17)26-23(28)18-12-13-19-20(15-18)25-21-11-6-4-5-7-14-27(21)24(19)29/h8-10,12-13,15H,3-7,11,14H2,1-2H3,(H,26,28). The molecule has 1 aliphatic rings. The molecule has 0 unspecified atom stereocenters. The van der Waals surface area contributed by atoms with Gasteiger partial charge in [-0.1, -0.05) is 38.0 Å². The van der Waals surface area contributed by atoms with Crippen molar-refractivity contribution in [2.45, 2.75) is 58.9 Å². The van der Waals surface area contributed by atoms with Crippen LogP contribution in [0.25, 0.3) is 10.9 Å². The molecule has 5 heteroatoms. The maximum Gasteiger partial charge on any atom is 0.261 e. The summed E-state index contributed by atoms with van der Waals surface area (Å²) < 4.78 is 1.82. The number of hydrogen-bond donors (Lipinski definition) is 1. The number of nitrogens with zero attached hydrogens (tertiary/aromatic N) is 2. The first-order valence-corrected chi connectivity index (χ1v) is 10.5. The molecule has 2 heterocycles. The molecule has 4 rings (SSSR count). The fourth-order valence-electron chi connectivity index (χ4n) is 4.12. The van der Waals surface area contributed by atoms with Gasteiger partial charge in [0.05, 0.1) is 10.9 Å². The number of aryl methyl sites for hydroxylation is 3. The largest absolute Gasteiger partial charge is 0.321 e. The molecule has 150 valence electrons. The van der Waals surface area contributed by atoms with E-state index in [0.29, 0.717) is 16.5 Å². The number of fused-ring (bicyclic) bond motifs is 2. The van der Waals surface area contributed by atoms with Gasteiger partial charge in [0.1, 0.15) is 5.82 Å². The Bertz CT molecular complexity index is 1130. The van der Waals surface area contributed by atoms with E-state index >= 15 is 0 Å². The topological polar surface area (TPSA) is 64.0 Å². The van der Waals surface area contributed by atoms with E-state index in [1.807, 2.05) is 29.7 Å². The highest BCUT2D eigenvalue weighted by molar-refractivity contribution is 6.06. The average molecular weight is 389 g/mol. The lowest BCUT2D eigenvalue weighted by Crippen LogP contribution is -2.26. The van der Waals surface area contributed by atoms with Crippen molar-refractivity contribution >= 4 is 22.5 Å². The summed E-state index contributed by atoms with van der Waals surface area (Å²) >= 11 is 0. The predicted octanol–water partition coefficient (Wildman–Crippen LogP) is 4.64. The van der Waals surface area contributed by atoms with E-state index in [9.17, 15) is 9.59 Å². The van der Waals surface area contributed by atoms with Crippen LogP contribution in [0.15, 0.2) is 41.2 Å². The summed E-state index contributed by atoms with van der Waals surface area (Å²) in [5.41, 5.74) is 4.14. The van der Waals surface area contributed by atoms with Gasteiger partial charge in [-0.25, -0.2) is 4.98 Å². The normalized spacial score (nSPS) is 14.1. The van der Waals surface area contributed by atoms with Gasteiger partial charge < -0.3 is 5.32 Å². The van der Waals surface area contributed by atoms with Crippen LogP contribution in [0, 0.1) is 6.92 Å². The Morgan fingerprint density at radius 1 is 1.14 bits per heavy atom. The van der Waals surface area contributed by atoms with Crippen LogP contribution in [0.2, 0.25) is 0 Å². The number of carbonyl (C=O) groups is 1. The maximum atomic E-state index is 13.0. The lowest BCUT2D eigenvalue weighted by Gasteiger charge is -2.17. The van der Waals surface area contributed by atoms with Crippen molar-refractivity contribution < 1.29 is 4.79 Å². The second-order valence-electron chi connectivity index (χ2n) is 7.80. The van der Waals surface area contributed by atoms with Gasteiger partial charge in [-0.15, -0.1) is 0 Å². The number of benzene rings is 2. The molecule has 1 N–H and O–H groups in total. The van der Waals surface area contributed by atoms with Gasteiger partial charge in [0.25, 0.3) is 11.5 Å². The van der Waals surface area contributed by atoms with Gasteiger partial charge in [-0.2, -0.15) is 0 Å². The van der Waals surface area contributed by atoms with Crippen molar-refractivity contribution in [3.05, 3.63) is 69.3 Å². The van der Waals surface area contributed by atoms with Crippen molar-refractivity contribution in [2.75, 3.05) is 5.32 Å². The smallest absolute Gasteiger partial charge is 0.261 e. The molecule has 3 aromatic rings. The van der Waals surface area contributed by atoms with Gasteiger partial charge >= 0.3 is 0 Å². The first kappa shape index (κ1) is 19.4. The molecule has 0 saturated heterocycles. The minimum absolute atomic E-state index is 0.00558. The predicted molar refractivity (Wildman–Crippen MR) is 117 cm³/mol. The third-order valence-electron chi connectivity index (χ3n) is 5.81. The zero-order chi connectivity index (χ0) is 20.4. The van der Waals surface area contributed by atoms with E-state index in [-0.39, 0.29) is 11.5 Å². The number of hydrogen-bond acceptors (Lipinski definition) is 3. The van der Waals surface area contributed by atoms with Crippen LogP contribution in [-0.4, -0.2) is 15.5 Å². The van der Waals surface area contributed by atoms with Crippen LogP contribution in [0.3, 0.4) is 0 Å². The highest BCUT2D eigenvalue weighted by atomic mass is 16.1. The first-order valence-electron chi connectivity index (χ1n) is 10.5. The van der Waals surface area contributed by atoms with Crippen LogP contribution in [0.4, 0.5) is 5.69 Å². The molecule has 0 saturated carbocycles. The van der Waals surface area contributed by atoms with E-state index in [1.54, 1.807) is 18.2 Å². The first-order chi connectivity index (χ1) is 14.1. The van der Waals surface area contributed by atoms with Crippen molar-refractivity contribution in [3.63, 3.8) is 0 Å². The summed E-state index contributed by atoms with van der Waals surface area (Å²) in [6.45, 7) is 4.80. The van der Waals surface area contributed by atoms with Crippen molar-refractivity contribution in [1.29, 1.82) is 0 Å². The number of rotatable bonds is 3. The fraction of sp³-hybridized carbons (Fsp3) is 0.375. The molecule has 29 heavy (non-hydrogen) atoms. The average Bonchev–Trinajstić information content (AvgIpc) is 2.70. The Hall–Kier alpha value is -2.95. The molecule has 2 aromatic carbocycles. The second kappa shape index (κ2) is 8.19. The minimum atomic E-state index is -0.176. The Kier molecular flexibility index (Phi) is 5.47. The fourth-order valence-corrected chi connectivity index (χ4v) is 4.12. The molecule has 0 spiro atoms. The zero-order valence-electron chi connectivity index (χ0n) is 17.1. The van der Waals surface area contributed by atoms with Crippen molar-refractivity contribution in [2.24, 2.45) is 0 Å². The van der Waals surface area contributed by atoms with Gasteiger partial charge in [-0.05, 0) is 55.5 Å². The van der Waals surface area contributed by atoms with Gasteiger partial charge in [0, 0.05) is 24.2 Å². The zero-order valence-corrected chi connectivity index (χ0v) is 17.1. The highest BCUT2D eigenvalue weighted by Crippen LogP contribution is 2.23. The molecule has 1 aromatic heterocycles. The Balaban J connectivity index is 1.71. The van der Waals surface area contributed by atoms with E-state index < -0.39 is 0 Å². The lowest BCUT2D eigenvalue weighted by atomic mass is 10.0. The molecular formula is C24H27N3O2. The Morgan fingerprint density at radius 3 is 2.79 bits per heavy atom. The SMILES string of the molecule is CCc1cccc(C)c1NC(=O)c1ccc2c(=O)n3c(nc2c1)CCCCCC3. The highest BCUT2D eigenvalue weighted by Gasteiger charge is 2.16. The molecule has 1 aliphatic heterocycles. The summed E-state index contributed by atoms with van der Waals surface area (Å²) in [5, 5.41) is 3.64. The molecular weight excluding hydrogens is 362 g/mol. The van der Waals surface area contributed by atoms with Gasteiger partial charge in [0.2, 0.25) is 0 Å². The summed E-state index contributed by atoms with van der Waals surface area (Å²) in [4.78, 5) is 30.7. The summed E-state index contributed by atoms with van der Waals surface area (Å²) in [7, 11) is 0. The molecule has 0 fully saturated rings. The molecule has 0 atom stereocenters. The lowest BCUT2D eigenvalue weighted by molar-refractivity contribution is 0.102. The van der Waals surface area contributed by atoms with Gasteiger partial charge in [0.15, 0.2) is 0 Å². The summed E-state index contributed by atoms with van der Waals surface area (Å²) in [6.07, 6.45) is 6.04. The number of amides is 1. The quantitative estimate of drug-likeness (QED) is 0.710. The van der Waals surface area contributed by atoms with Crippen molar-refractivity contribution in [1.82, 2.24) is 9.55 Å². The van der Waals surface area contributed by atoms with E-state index in [4.69, 9.17) is 4.98 Å². The van der Waals surface area contributed by atoms with Crippen LogP contribution in [0.1, 0.15) is 59.9 Å². The van der Waals surface area contributed by atoms with Crippen molar-refractivity contribution in [3.8, 4) is 0 Å². The number of carbonyl (C=O) groups excluding carboxylic acids is 1. The Morgan fingerprint density at radius 2 is 1.97 bits per heavy atom. The monoisotopic (exact) mass is 389 g/mol. The molecule has 0 aliphatic carbocycles. The summed E-state index contributed by atoms with van der Waals surface area (Å²) in [5.74, 6) is 0.663. The third-order valence-corrected chi connectivity index (χ3v) is 5.81. The number of anilines is 1.